The van der Waals surface area contributed by atoms with E-state index in [1.54, 1.807) is 6.20 Å². The first-order chi connectivity index (χ1) is 8.60. The number of amides is 1. The summed E-state index contributed by atoms with van der Waals surface area (Å²) in [6.45, 7) is 4.81. The first-order valence-electron chi connectivity index (χ1n) is 6.52. The van der Waals surface area contributed by atoms with Crippen LogP contribution in [0.3, 0.4) is 0 Å². The van der Waals surface area contributed by atoms with Crippen molar-refractivity contribution in [3.63, 3.8) is 0 Å². The zero-order valence-corrected chi connectivity index (χ0v) is 11.3. The van der Waals surface area contributed by atoms with Crippen molar-refractivity contribution >= 4 is 11.6 Å². The van der Waals surface area contributed by atoms with Gasteiger partial charge in [0.1, 0.15) is 19.3 Å². The van der Waals surface area contributed by atoms with E-state index in [0.717, 1.165) is 24.1 Å². The van der Waals surface area contributed by atoms with Gasteiger partial charge in [0, 0.05) is 24.4 Å². The third-order valence-electron chi connectivity index (χ3n) is 3.67. The standard InChI is InChI=1S/C14H20N3O/c1-4-11-10-15-9-8-12(11)13-6-7-14(18)17(3,5-2)16-13/h8-10H,4-7H2,1-3H3/q+1. The number of aryl methyl sites for hydroxylation is 1. The molecule has 0 fully saturated rings. The average Bonchev–Trinajstić information content (AvgIpc) is 2.42. The van der Waals surface area contributed by atoms with Crippen LogP contribution in [-0.2, 0) is 11.2 Å². The lowest BCUT2D eigenvalue weighted by Crippen LogP contribution is -2.47. The Morgan fingerprint density at radius 3 is 2.78 bits per heavy atom. The molecular formula is C14H20N3O+. The molecule has 0 saturated heterocycles. The lowest BCUT2D eigenvalue weighted by molar-refractivity contribution is -0.840. The number of hydrogen-bond acceptors (Lipinski definition) is 3. The van der Waals surface area contributed by atoms with Gasteiger partial charge in [-0.3, -0.25) is 4.98 Å². The smallest absolute Gasteiger partial charge is 0.264 e. The van der Waals surface area contributed by atoms with Gasteiger partial charge in [0.25, 0.3) is 0 Å². The minimum atomic E-state index is 0.167. The van der Waals surface area contributed by atoms with Crippen molar-refractivity contribution in [1.29, 1.82) is 0 Å². The summed E-state index contributed by atoms with van der Waals surface area (Å²) >= 11 is 0. The van der Waals surface area contributed by atoms with E-state index in [-0.39, 0.29) is 10.5 Å². The Hall–Kier alpha value is -1.55. The van der Waals surface area contributed by atoms with Gasteiger partial charge >= 0.3 is 5.91 Å². The molecule has 4 heteroatoms. The highest BCUT2D eigenvalue weighted by atomic mass is 16.2. The molecular weight excluding hydrogens is 226 g/mol. The highest BCUT2D eigenvalue weighted by molar-refractivity contribution is 6.03. The molecule has 0 bridgehead atoms. The second-order valence-electron chi connectivity index (χ2n) is 4.78. The summed E-state index contributed by atoms with van der Waals surface area (Å²) in [5, 5.41) is 4.67. The largest absolute Gasteiger partial charge is 0.339 e. The maximum atomic E-state index is 11.9. The number of hydrogen-bond donors (Lipinski definition) is 0. The monoisotopic (exact) mass is 246 g/mol. The van der Waals surface area contributed by atoms with E-state index in [4.69, 9.17) is 0 Å². The van der Waals surface area contributed by atoms with Crippen LogP contribution in [0, 0.1) is 0 Å². The molecule has 1 unspecified atom stereocenters. The molecule has 0 radical (unpaired) electrons. The molecule has 1 aromatic rings. The van der Waals surface area contributed by atoms with Gasteiger partial charge in [0.2, 0.25) is 0 Å². The third-order valence-corrected chi connectivity index (χ3v) is 3.67. The molecule has 1 aromatic heterocycles. The Kier molecular flexibility index (Phi) is 3.57. The van der Waals surface area contributed by atoms with Crippen LogP contribution < -0.4 is 0 Å². The highest BCUT2D eigenvalue weighted by Crippen LogP contribution is 2.22. The number of pyridine rings is 1. The van der Waals surface area contributed by atoms with E-state index >= 15 is 0 Å². The maximum Gasteiger partial charge on any atom is 0.339 e. The van der Waals surface area contributed by atoms with Crippen LogP contribution in [0.4, 0.5) is 0 Å². The topological polar surface area (TPSA) is 42.3 Å². The predicted octanol–water partition coefficient (Wildman–Crippen LogP) is 2.13. The minimum absolute atomic E-state index is 0.167. The fourth-order valence-corrected chi connectivity index (χ4v) is 2.26. The van der Waals surface area contributed by atoms with Crippen LogP contribution >= 0.6 is 0 Å². The van der Waals surface area contributed by atoms with Gasteiger partial charge in [-0.25, -0.2) is 4.79 Å². The van der Waals surface area contributed by atoms with E-state index in [0.29, 0.717) is 13.0 Å². The normalized spacial score (nSPS) is 23.9. The number of aromatic nitrogens is 1. The highest BCUT2D eigenvalue weighted by Gasteiger charge is 2.35. The van der Waals surface area contributed by atoms with Crippen molar-refractivity contribution < 1.29 is 9.39 Å². The van der Waals surface area contributed by atoms with Crippen molar-refractivity contribution in [2.24, 2.45) is 5.10 Å². The van der Waals surface area contributed by atoms with Crippen LogP contribution in [0.25, 0.3) is 0 Å². The summed E-state index contributed by atoms with van der Waals surface area (Å²) < 4.78 is 0.167. The van der Waals surface area contributed by atoms with Crippen molar-refractivity contribution in [3.8, 4) is 0 Å². The Morgan fingerprint density at radius 1 is 1.33 bits per heavy atom. The van der Waals surface area contributed by atoms with E-state index in [9.17, 15) is 4.79 Å². The lowest BCUT2D eigenvalue weighted by atomic mass is 9.99. The first-order valence-corrected chi connectivity index (χ1v) is 6.52. The van der Waals surface area contributed by atoms with E-state index in [1.165, 1.54) is 5.56 Å². The second kappa shape index (κ2) is 4.98. The number of quaternary nitrogens is 1. The summed E-state index contributed by atoms with van der Waals surface area (Å²) in [5.74, 6) is 0.202. The Morgan fingerprint density at radius 2 is 2.11 bits per heavy atom. The third kappa shape index (κ3) is 2.20. The molecule has 1 aliphatic heterocycles. The molecule has 18 heavy (non-hydrogen) atoms. The van der Waals surface area contributed by atoms with Gasteiger partial charge in [0.15, 0.2) is 0 Å². The van der Waals surface area contributed by atoms with Crippen LogP contribution in [0.2, 0.25) is 0 Å². The molecule has 0 aromatic carbocycles. The molecule has 2 heterocycles. The van der Waals surface area contributed by atoms with Crippen molar-refractivity contribution in [1.82, 2.24) is 4.98 Å². The molecule has 2 rings (SSSR count). The van der Waals surface area contributed by atoms with Crippen LogP contribution in [-0.4, -0.2) is 34.8 Å². The van der Waals surface area contributed by atoms with Gasteiger partial charge in [0.05, 0.1) is 6.42 Å². The summed E-state index contributed by atoms with van der Waals surface area (Å²) in [7, 11) is 1.88. The first kappa shape index (κ1) is 12.9. The quantitative estimate of drug-likeness (QED) is 0.767. The van der Waals surface area contributed by atoms with E-state index in [2.05, 4.69) is 17.0 Å². The minimum Gasteiger partial charge on any atom is -0.264 e. The Balaban J connectivity index is 2.45. The van der Waals surface area contributed by atoms with Crippen molar-refractivity contribution in [2.45, 2.75) is 33.1 Å². The molecule has 0 aliphatic carbocycles. The summed E-state index contributed by atoms with van der Waals surface area (Å²) in [4.78, 5) is 16.1. The molecule has 1 atom stereocenters. The Labute approximate surface area is 108 Å². The Bertz CT molecular complexity index is 496. The molecule has 0 N–H and O–H groups in total. The summed E-state index contributed by atoms with van der Waals surface area (Å²) in [6, 6.07) is 2.01. The van der Waals surface area contributed by atoms with Gasteiger partial charge in [-0.2, -0.15) is 0 Å². The van der Waals surface area contributed by atoms with Crippen molar-refractivity contribution in [2.75, 3.05) is 13.6 Å². The fourth-order valence-electron chi connectivity index (χ4n) is 2.26. The number of carbonyl (C=O) groups is 1. The molecule has 4 nitrogen and oxygen atoms in total. The number of nitrogens with zero attached hydrogens (tertiary/aromatic N) is 3. The van der Waals surface area contributed by atoms with E-state index < -0.39 is 0 Å². The predicted molar refractivity (Wildman–Crippen MR) is 71.1 cm³/mol. The fraction of sp³-hybridized carbons (Fsp3) is 0.500. The molecule has 0 saturated carbocycles. The van der Waals surface area contributed by atoms with Crippen molar-refractivity contribution in [3.05, 3.63) is 29.6 Å². The second-order valence-corrected chi connectivity index (χ2v) is 4.78. The van der Waals surface area contributed by atoms with Gasteiger partial charge in [-0.1, -0.05) is 12.0 Å². The number of rotatable bonds is 3. The summed E-state index contributed by atoms with van der Waals surface area (Å²) in [5.41, 5.74) is 3.39. The van der Waals surface area contributed by atoms with Crippen LogP contribution in [0.1, 0.15) is 37.8 Å². The molecule has 0 spiro atoms. The summed E-state index contributed by atoms with van der Waals surface area (Å²) in [6.07, 6.45) is 5.94. The maximum absolute atomic E-state index is 11.9. The molecule has 1 aliphatic rings. The molecule has 96 valence electrons. The van der Waals surface area contributed by atoms with Gasteiger partial charge in [-0.05, 0) is 25.0 Å². The van der Waals surface area contributed by atoms with Gasteiger partial charge in [-0.15, -0.1) is 4.59 Å². The van der Waals surface area contributed by atoms with Crippen LogP contribution in [0.5, 0.6) is 0 Å². The average molecular weight is 246 g/mol. The zero-order valence-electron chi connectivity index (χ0n) is 11.3. The SMILES string of the molecule is CCc1cnccc1C1=N[N+](C)(CC)C(=O)CC1. The van der Waals surface area contributed by atoms with E-state index in [1.807, 2.05) is 26.2 Å². The lowest BCUT2D eigenvalue weighted by Gasteiger charge is -2.28. The van der Waals surface area contributed by atoms with Gasteiger partial charge < -0.3 is 0 Å². The number of carbonyl (C=O) groups excluding carboxylic acids is 1. The molecule has 1 amide bonds. The zero-order chi connectivity index (χ0) is 13.2. The van der Waals surface area contributed by atoms with Crippen LogP contribution in [0.15, 0.2) is 23.6 Å².